The van der Waals surface area contributed by atoms with Crippen molar-refractivity contribution in [3.63, 3.8) is 0 Å². The average molecular weight is 208 g/mol. The van der Waals surface area contributed by atoms with Crippen molar-refractivity contribution in [3.8, 4) is 0 Å². The topological polar surface area (TPSA) is 24.3 Å². The third-order valence-electron chi connectivity index (χ3n) is 2.95. The number of aromatic nitrogens is 2. The second-order valence-electron chi connectivity index (χ2n) is 4.42. The van der Waals surface area contributed by atoms with Gasteiger partial charge in [0.1, 0.15) is 5.82 Å². The second kappa shape index (κ2) is 4.33. The van der Waals surface area contributed by atoms with Gasteiger partial charge in [0.05, 0.1) is 12.2 Å². The molecule has 0 saturated carbocycles. The molecule has 2 rings (SSSR count). The first-order valence-electron chi connectivity index (χ1n) is 5.61. The number of hydrogen-bond donors (Lipinski definition) is 0. The third kappa shape index (κ3) is 2.21. The Balaban J connectivity index is 2.15. The molecule has 0 bridgehead atoms. The largest absolute Gasteiger partial charge is 0.328 e. The molecule has 1 aromatic rings. The van der Waals surface area contributed by atoms with E-state index in [1.807, 2.05) is 6.20 Å². The van der Waals surface area contributed by atoms with Gasteiger partial charge in [-0.2, -0.15) is 0 Å². The zero-order chi connectivity index (χ0) is 10.8. The summed E-state index contributed by atoms with van der Waals surface area (Å²) in [6, 6.07) is 0. The van der Waals surface area contributed by atoms with Crippen LogP contribution in [-0.4, -0.2) is 46.5 Å². The predicted octanol–water partition coefficient (Wildman–Crippen LogP) is 0.780. The fraction of sp³-hybridized carbons (Fsp3) is 0.727. The lowest BCUT2D eigenvalue weighted by atomic mass is 10.3. The molecule has 0 aliphatic carbocycles. The maximum atomic E-state index is 4.50. The molecule has 0 amide bonds. The van der Waals surface area contributed by atoms with Gasteiger partial charge in [-0.15, -0.1) is 0 Å². The van der Waals surface area contributed by atoms with Gasteiger partial charge in [-0.3, -0.25) is 4.90 Å². The summed E-state index contributed by atoms with van der Waals surface area (Å²) in [4.78, 5) is 9.12. The van der Waals surface area contributed by atoms with Crippen molar-refractivity contribution in [2.45, 2.75) is 26.6 Å². The predicted molar refractivity (Wildman–Crippen MR) is 60.6 cm³/mol. The molecule has 15 heavy (non-hydrogen) atoms. The van der Waals surface area contributed by atoms with Gasteiger partial charge in [0.25, 0.3) is 0 Å². The van der Waals surface area contributed by atoms with Gasteiger partial charge >= 0.3 is 0 Å². The van der Waals surface area contributed by atoms with Crippen molar-refractivity contribution in [2.75, 3.05) is 27.2 Å². The van der Waals surface area contributed by atoms with Crippen LogP contribution in [0.25, 0.3) is 0 Å². The van der Waals surface area contributed by atoms with E-state index in [1.165, 1.54) is 11.5 Å². The lowest BCUT2D eigenvalue weighted by Gasteiger charge is -2.27. The molecular weight excluding hydrogens is 188 g/mol. The highest BCUT2D eigenvalue weighted by Gasteiger charge is 2.18. The highest BCUT2D eigenvalue weighted by Crippen LogP contribution is 2.14. The summed E-state index contributed by atoms with van der Waals surface area (Å²) in [5, 5.41) is 0. The Labute approximate surface area is 91.5 Å². The van der Waals surface area contributed by atoms with E-state index in [0.29, 0.717) is 0 Å². The van der Waals surface area contributed by atoms with Crippen molar-refractivity contribution in [1.29, 1.82) is 0 Å². The van der Waals surface area contributed by atoms with Gasteiger partial charge < -0.3 is 9.47 Å². The number of likely N-dealkylation sites (N-methyl/N-ethyl adjacent to an activating group) is 1. The number of nitrogens with zero attached hydrogens (tertiary/aromatic N) is 4. The molecule has 1 aliphatic rings. The van der Waals surface area contributed by atoms with E-state index >= 15 is 0 Å². The fourth-order valence-electron chi connectivity index (χ4n) is 2.08. The molecule has 0 radical (unpaired) electrons. The summed E-state index contributed by atoms with van der Waals surface area (Å²) >= 11 is 0. The van der Waals surface area contributed by atoms with Crippen LogP contribution in [0, 0.1) is 0 Å². The van der Waals surface area contributed by atoms with Crippen LogP contribution in [0.5, 0.6) is 0 Å². The molecule has 4 heteroatoms. The van der Waals surface area contributed by atoms with Gasteiger partial charge in [-0.05, 0) is 20.6 Å². The van der Waals surface area contributed by atoms with E-state index in [4.69, 9.17) is 0 Å². The minimum atomic E-state index is 0.937. The molecule has 0 unspecified atom stereocenters. The summed E-state index contributed by atoms with van der Waals surface area (Å²) < 4.78 is 2.37. The SMILES string of the molecule is CCN1CCn2c(cnc2CN(C)C)C1. The summed E-state index contributed by atoms with van der Waals surface area (Å²) in [5.41, 5.74) is 1.36. The van der Waals surface area contributed by atoms with Crippen LogP contribution in [0.3, 0.4) is 0 Å². The number of fused-ring (bicyclic) bond motifs is 1. The standard InChI is InChI=1S/C11H20N4/c1-4-14-5-6-15-10(8-14)7-12-11(15)9-13(2)3/h7H,4-6,8-9H2,1-3H3. The fourth-order valence-corrected chi connectivity index (χ4v) is 2.08. The first kappa shape index (κ1) is 10.6. The summed E-state index contributed by atoms with van der Waals surface area (Å²) in [5.74, 6) is 1.20. The Morgan fingerprint density at radius 3 is 2.87 bits per heavy atom. The normalized spacial score (nSPS) is 17.1. The Morgan fingerprint density at radius 1 is 1.40 bits per heavy atom. The maximum Gasteiger partial charge on any atom is 0.123 e. The van der Waals surface area contributed by atoms with Crippen LogP contribution in [-0.2, 0) is 19.6 Å². The zero-order valence-electron chi connectivity index (χ0n) is 9.90. The molecule has 1 aliphatic heterocycles. The molecule has 84 valence electrons. The van der Waals surface area contributed by atoms with Crippen molar-refractivity contribution in [2.24, 2.45) is 0 Å². The van der Waals surface area contributed by atoms with Crippen LogP contribution in [0.4, 0.5) is 0 Å². The molecular formula is C11H20N4. The Hall–Kier alpha value is -0.870. The van der Waals surface area contributed by atoms with Crippen LogP contribution in [0.2, 0.25) is 0 Å². The van der Waals surface area contributed by atoms with Crippen molar-refractivity contribution < 1.29 is 0 Å². The number of rotatable bonds is 3. The summed E-state index contributed by atoms with van der Waals surface area (Å²) in [6.07, 6.45) is 2.03. The average Bonchev–Trinajstić information content (AvgIpc) is 2.60. The van der Waals surface area contributed by atoms with Crippen LogP contribution in [0.1, 0.15) is 18.4 Å². The quantitative estimate of drug-likeness (QED) is 0.733. The lowest BCUT2D eigenvalue weighted by molar-refractivity contribution is 0.227. The maximum absolute atomic E-state index is 4.50. The first-order valence-corrected chi connectivity index (χ1v) is 5.61. The van der Waals surface area contributed by atoms with E-state index in [0.717, 1.165) is 32.7 Å². The highest BCUT2D eigenvalue weighted by atomic mass is 15.2. The molecule has 0 saturated heterocycles. The van der Waals surface area contributed by atoms with E-state index in [1.54, 1.807) is 0 Å². The highest BCUT2D eigenvalue weighted by molar-refractivity contribution is 5.07. The number of hydrogen-bond acceptors (Lipinski definition) is 3. The van der Waals surface area contributed by atoms with Gasteiger partial charge in [-0.25, -0.2) is 4.98 Å². The molecule has 0 atom stereocenters. The van der Waals surface area contributed by atoms with Crippen LogP contribution >= 0.6 is 0 Å². The minimum Gasteiger partial charge on any atom is -0.328 e. The molecule has 1 aromatic heterocycles. The van der Waals surface area contributed by atoms with Crippen LogP contribution in [0.15, 0.2) is 6.20 Å². The molecule has 2 heterocycles. The summed E-state index contributed by atoms with van der Waals surface area (Å²) in [7, 11) is 4.17. The van der Waals surface area contributed by atoms with E-state index in [9.17, 15) is 0 Å². The monoisotopic (exact) mass is 208 g/mol. The van der Waals surface area contributed by atoms with E-state index in [2.05, 4.69) is 40.4 Å². The van der Waals surface area contributed by atoms with Gasteiger partial charge in [0.2, 0.25) is 0 Å². The van der Waals surface area contributed by atoms with Crippen LogP contribution < -0.4 is 0 Å². The molecule has 0 aromatic carbocycles. The molecule has 0 fully saturated rings. The van der Waals surface area contributed by atoms with Gasteiger partial charge in [0, 0.05) is 25.8 Å². The van der Waals surface area contributed by atoms with Gasteiger partial charge in [-0.1, -0.05) is 6.92 Å². The van der Waals surface area contributed by atoms with E-state index < -0.39 is 0 Å². The zero-order valence-corrected chi connectivity index (χ0v) is 9.90. The Morgan fingerprint density at radius 2 is 2.20 bits per heavy atom. The Bertz CT molecular complexity index is 329. The molecule has 0 spiro atoms. The van der Waals surface area contributed by atoms with E-state index in [-0.39, 0.29) is 0 Å². The van der Waals surface area contributed by atoms with Gasteiger partial charge in [0.15, 0.2) is 0 Å². The van der Waals surface area contributed by atoms with Crippen molar-refractivity contribution in [3.05, 3.63) is 17.7 Å². The third-order valence-corrected chi connectivity index (χ3v) is 2.95. The number of imidazole rings is 1. The Kier molecular flexibility index (Phi) is 3.07. The minimum absolute atomic E-state index is 0.937. The lowest BCUT2D eigenvalue weighted by Crippen LogP contribution is -2.34. The smallest absolute Gasteiger partial charge is 0.123 e. The molecule has 0 N–H and O–H groups in total. The van der Waals surface area contributed by atoms with Crippen molar-refractivity contribution >= 4 is 0 Å². The van der Waals surface area contributed by atoms with Crippen molar-refractivity contribution in [1.82, 2.24) is 19.4 Å². The summed E-state index contributed by atoms with van der Waals surface area (Å²) in [6.45, 7) is 7.58. The first-order chi connectivity index (χ1) is 7.20. The molecule has 4 nitrogen and oxygen atoms in total. The second-order valence-corrected chi connectivity index (χ2v) is 4.42.